The molecule has 1 unspecified atom stereocenters. The molecule has 0 aliphatic carbocycles. The number of carbonyl (C=O) groups excluding carboxylic acids is 1. The van der Waals surface area contributed by atoms with E-state index in [0.29, 0.717) is 37.2 Å². The van der Waals surface area contributed by atoms with Crippen molar-refractivity contribution in [3.05, 3.63) is 53.9 Å². The summed E-state index contributed by atoms with van der Waals surface area (Å²) in [5.74, 6) is -2.65. The molecule has 32 heavy (non-hydrogen) atoms. The summed E-state index contributed by atoms with van der Waals surface area (Å²) in [5, 5.41) is 0. The zero-order valence-electron chi connectivity index (χ0n) is 17.8. The number of amides is 1. The second-order valence-electron chi connectivity index (χ2n) is 7.89. The van der Waals surface area contributed by atoms with Crippen LogP contribution in [-0.4, -0.2) is 48.1 Å². The maximum atomic E-state index is 13.5. The first-order valence-corrected chi connectivity index (χ1v) is 10.2. The molecule has 8 nitrogen and oxygen atoms in total. The highest BCUT2D eigenvalue weighted by Crippen LogP contribution is 2.29. The summed E-state index contributed by atoms with van der Waals surface area (Å²) in [4.78, 5) is 26.6. The van der Waals surface area contributed by atoms with Gasteiger partial charge < -0.3 is 22.1 Å². The third-order valence-electron chi connectivity index (χ3n) is 5.65. The molecule has 170 valence electrons. The lowest BCUT2D eigenvalue weighted by atomic mass is 9.87. The van der Waals surface area contributed by atoms with Crippen molar-refractivity contribution < 1.29 is 13.6 Å². The standard InChI is InChI=1S/C22H27F2N7O/c1-14-10-17(11-28-19(14)24)31-8-6-22(13-25,7-9-31)29-12-18(21(27)32)20(26)30-16-4-2-15(23)3-5-16/h2-5,10-12,18H,6-9,13,25H2,1H3,(H2,26,30)(H2,27,32). The molecule has 2 heterocycles. The first-order chi connectivity index (χ1) is 15.2. The molecular weight excluding hydrogens is 416 g/mol. The normalized spacial score (nSPS) is 17.5. The fourth-order valence-electron chi connectivity index (χ4n) is 3.55. The van der Waals surface area contributed by atoms with Crippen LogP contribution in [0.3, 0.4) is 0 Å². The number of piperidine rings is 1. The number of hydrogen-bond acceptors (Lipinski definition) is 6. The molecule has 0 bridgehead atoms. The monoisotopic (exact) mass is 443 g/mol. The summed E-state index contributed by atoms with van der Waals surface area (Å²) >= 11 is 0. The highest BCUT2D eigenvalue weighted by Gasteiger charge is 2.33. The smallest absolute Gasteiger partial charge is 0.233 e. The van der Waals surface area contributed by atoms with Gasteiger partial charge in [0.15, 0.2) is 0 Å². The molecule has 1 aliphatic rings. The molecule has 1 aromatic carbocycles. The second kappa shape index (κ2) is 9.82. The van der Waals surface area contributed by atoms with Crippen LogP contribution >= 0.6 is 0 Å². The quantitative estimate of drug-likeness (QED) is 0.341. The number of anilines is 1. The van der Waals surface area contributed by atoms with Crippen LogP contribution in [0.4, 0.5) is 20.2 Å². The topological polar surface area (TPSA) is 136 Å². The number of carbonyl (C=O) groups is 1. The van der Waals surface area contributed by atoms with Gasteiger partial charge in [-0.3, -0.25) is 9.79 Å². The van der Waals surface area contributed by atoms with Gasteiger partial charge in [-0.2, -0.15) is 4.39 Å². The summed E-state index contributed by atoms with van der Waals surface area (Å²) in [6.45, 7) is 3.23. The molecule has 0 spiro atoms. The van der Waals surface area contributed by atoms with Crippen LogP contribution in [0.2, 0.25) is 0 Å². The van der Waals surface area contributed by atoms with Crippen LogP contribution in [0, 0.1) is 24.6 Å². The van der Waals surface area contributed by atoms with Gasteiger partial charge in [0.25, 0.3) is 0 Å². The molecule has 2 aromatic rings. The van der Waals surface area contributed by atoms with Gasteiger partial charge in [0.2, 0.25) is 11.9 Å². The van der Waals surface area contributed by atoms with Gasteiger partial charge in [-0.25, -0.2) is 14.4 Å². The van der Waals surface area contributed by atoms with Crippen LogP contribution in [0.25, 0.3) is 0 Å². The summed E-state index contributed by atoms with van der Waals surface area (Å²) < 4.78 is 26.5. The third kappa shape index (κ3) is 5.44. The lowest BCUT2D eigenvalue weighted by Gasteiger charge is -2.39. The Labute approximate surface area is 185 Å². The van der Waals surface area contributed by atoms with Gasteiger partial charge in [0.05, 0.1) is 23.1 Å². The Balaban J connectivity index is 1.73. The van der Waals surface area contributed by atoms with E-state index in [1.54, 1.807) is 13.0 Å². The van der Waals surface area contributed by atoms with E-state index in [9.17, 15) is 13.6 Å². The molecule has 1 aromatic heterocycles. The van der Waals surface area contributed by atoms with Gasteiger partial charge in [0, 0.05) is 31.4 Å². The van der Waals surface area contributed by atoms with Crippen LogP contribution in [0.1, 0.15) is 18.4 Å². The van der Waals surface area contributed by atoms with Crippen molar-refractivity contribution in [2.75, 3.05) is 24.5 Å². The summed E-state index contributed by atoms with van der Waals surface area (Å²) in [6, 6.07) is 7.14. The number of rotatable bonds is 7. The van der Waals surface area contributed by atoms with Crippen molar-refractivity contribution in [2.45, 2.75) is 25.3 Å². The lowest BCUT2D eigenvalue weighted by Crippen LogP contribution is -2.48. The van der Waals surface area contributed by atoms with Crippen molar-refractivity contribution in [2.24, 2.45) is 33.1 Å². The zero-order chi connectivity index (χ0) is 23.3. The minimum atomic E-state index is -1.02. The Morgan fingerprint density at radius 1 is 1.25 bits per heavy atom. The van der Waals surface area contributed by atoms with Gasteiger partial charge in [-0.1, -0.05) is 0 Å². The average Bonchev–Trinajstić information content (AvgIpc) is 2.77. The third-order valence-corrected chi connectivity index (χ3v) is 5.65. The predicted molar refractivity (Wildman–Crippen MR) is 121 cm³/mol. The number of aliphatic imine (C=N–C) groups is 2. The number of amidine groups is 1. The number of aryl methyl sites for hydroxylation is 1. The molecule has 0 radical (unpaired) electrons. The van der Waals surface area contributed by atoms with E-state index in [-0.39, 0.29) is 12.4 Å². The molecule has 6 N–H and O–H groups in total. The number of nitrogens with zero attached hydrogens (tertiary/aromatic N) is 4. The van der Waals surface area contributed by atoms with Gasteiger partial charge in [0.1, 0.15) is 17.6 Å². The molecule has 1 saturated heterocycles. The van der Waals surface area contributed by atoms with E-state index in [0.717, 1.165) is 5.69 Å². The van der Waals surface area contributed by atoms with Gasteiger partial charge in [-0.15, -0.1) is 0 Å². The Bertz CT molecular complexity index is 1020. The second-order valence-corrected chi connectivity index (χ2v) is 7.89. The molecule has 1 fully saturated rings. The van der Waals surface area contributed by atoms with Crippen LogP contribution < -0.4 is 22.1 Å². The number of nitrogens with two attached hydrogens (primary N) is 3. The van der Waals surface area contributed by atoms with E-state index in [4.69, 9.17) is 17.2 Å². The zero-order valence-corrected chi connectivity index (χ0v) is 17.8. The Morgan fingerprint density at radius 2 is 1.91 bits per heavy atom. The number of pyridine rings is 1. The molecular formula is C22H27F2N7O. The van der Waals surface area contributed by atoms with Gasteiger partial charge >= 0.3 is 0 Å². The maximum absolute atomic E-state index is 13.5. The number of halogens is 2. The van der Waals surface area contributed by atoms with E-state index in [1.165, 1.54) is 36.7 Å². The van der Waals surface area contributed by atoms with E-state index in [1.807, 2.05) is 0 Å². The largest absolute Gasteiger partial charge is 0.386 e. The summed E-state index contributed by atoms with van der Waals surface area (Å²) in [5.41, 5.74) is 18.7. The molecule has 10 heteroatoms. The molecule has 1 aliphatic heterocycles. The van der Waals surface area contributed by atoms with Crippen molar-refractivity contribution in [3.63, 3.8) is 0 Å². The van der Waals surface area contributed by atoms with Crippen LogP contribution in [0.5, 0.6) is 0 Å². The molecule has 1 amide bonds. The van der Waals surface area contributed by atoms with E-state index < -0.39 is 29.1 Å². The van der Waals surface area contributed by atoms with Crippen LogP contribution in [0.15, 0.2) is 46.5 Å². The van der Waals surface area contributed by atoms with E-state index >= 15 is 0 Å². The summed E-state index contributed by atoms with van der Waals surface area (Å²) in [6.07, 6.45) is 4.15. The van der Waals surface area contributed by atoms with Crippen molar-refractivity contribution in [1.82, 2.24) is 4.98 Å². The van der Waals surface area contributed by atoms with Crippen molar-refractivity contribution >= 4 is 29.3 Å². The van der Waals surface area contributed by atoms with Crippen LogP contribution in [-0.2, 0) is 4.79 Å². The number of primary amides is 1. The molecule has 0 saturated carbocycles. The fraction of sp³-hybridized carbons (Fsp3) is 0.364. The van der Waals surface area contributed by atoms with Crippen molar-refractivity contribution in [1.29, 1.82) is 0 Å². The minimum Gasteiger partial charge on any atom is -0.386 e. The average molecular weight is 444 g/mol. The Hall–Kier alpha value is -3.40. The predicted octanol–water partition coefficient (Wildman–Crippen LogP) is 1.83. The van der Waals surface area contributed by atoms with E-state index in [2.05, 4.69) is 19.9 Å². The Morgan fingerprint density at radius 3 is 2.47 bits per heavy atom. The minimum absolute atomic E-state index is 0.0367. The van der Waals surface area contributed by atoms with Crippen molar-refractivity contribution in [3.8, 4) is 0 Å². The SMILES string of the molecule is Cc1cc(N2CCC(CN)(N=CC(C(N)=O)C(N)=Nc3ccc(F)cc3)CC2)cnc1F. The Kier molecular flexibility index (Phi) is 7.14. The van der Waals surface area contributed by atoms with Gasteiger partial charge in [-0.05, 0) is 50.1 Å². The lowest BCUT2D eigenvalue weighted by molar-refractivity contribution is -0.118. The highest BCUT2D eigenvalue weighted by molar-refractivity contribution is 6.14. The number of benzene rings is 1. The first-order valence-electron chi connectivity index (χ1n) is 10.2. The molecule has 1 atom stereocenters. The molecule has 3 rings (SSSR count). The number of aromatic nitrogens is 1. The number of hydrogen-bond donors (Lipinski definition) is 3. The maximum Gasteiger partial charge on any atom is 0.233 e. The first kappa shape index (κ1) is 23.3. The summed E-state index contributed by atoms with van der Waals surface area (Å²) in [7, 11) is 0. The highest BCUT2D eigenvalue weighted by atomic mass is 19.1. The fourth-order valence-corrected chi connectivity index (χ4v) is 3.55.